The van der Waals surface area contributed by atoms with Crippen LogP contribution >= 0.6 is 0 Å². The maximum Gasteiger partial charge on any atom is 0.326 e. The predicted octanol–water partition coefficient (Wildman–Crippen LogP) is 4.46. The summed E-state index contributed by atoms with van der Waals surface area (Å²) in [6, 6.07) is 11.5. The van der Waals surface area contributed by atoms with Crippen molar-refractivity contribution < 1.29 is 14.3 Å². The van der Waals surface area contributed by atoms with E-state index in [1.165, 1.54) is 6.21 Å². The topological polar surface area (TPSA) is 104 Å². The zero-order valence-electron chi connectivity index (χ0n) is 23.5. The van der Waals surface area contributed by atoms with E-state index in [-0.39, 0.29) is 11.9 Å². The molecule has 9 heteroatoms. The standard InChI is InChI=1S/C30H40N6O3/c1-6-26-25(22(4)18-32-31)10-11-27(33-26)35-20-30(12-14-34(15-13-30)28(37)16-21(2)3)36(29(35)38)19-23-8-7-9-24(17-23)39-5/h7-11,17-18,21H,4,6,12-16,19-20,31H2,1-3,5H3/b32-18-. The van der Waals surface area contributed by atoms with Crippen molar-refractivity contribution in [2.75, 3.05) is 31.6 Å². The molecule has 0 radical (unpaired) electrons. The molecule has 39 heavy (non-hydrogen) atoms. The van der Waals surface area contributed by atoms with Crippen molar-refractivity contribution in [3.05, 3.63) is 59.8 Å². The Morgan fingerprint density at radius 1 is 1.26 bits per heavy atom. The summed E-state index contributed by atoms with van der Waals surface area (Å²) in [6.07, 6.45) is 4.16. The summed E-state index contributed by atoms with van der Waals surface area (Å²) in [5, 5.41) is 3.59. The second-order valence-corrected chi connectivity index (χ2v) is 10.8. The van der Waals surface area contributed by atoms with Crippen LogP contribution in [0.2, 0.25) is 0 Å². The van der Waals surface area contributed by atoms with Gasteiger partial charge in [0.15, 0.2) is 0 Å². The average Bonchev–Trinajstić information content (AvgIpc) is 3.19. The lowest BCUT2D eigenvalue weighted by Gasteiger charge is -2.44. The van der Waals surface area contributed by atoms with Gasteiger partial charge in [-0.2, -0.15) is 5.10 Å². The Labute approximate surface area is 231 Å². The maximum absolute atomic E-state index is 14.1. The Balaban J connectivity index is 1.65. The fraction of sp³-hybridized carbons (Fsp3) is 0.467. The van der Waals surface area contributed by atoms with Crippen molar-refractivity contribution in [1.29, 1.82) is 0 Å². The molecule has 4 rings (SSSR count). The van der Waals surface area contributed by atoms with Crippen molar-refractivity contribution in [3.8, 4) is 5.75 Å². The highest BCUT2D eigenvalue weighted by molar-refractivity contribution is 6.09. The first-order valence-electron chi connectivity index (χ1n) is 13.6. The summed E-state index contributed by atoms with van der Waals surface area (Å²) in [4.78, 5) is 37.5. The van der Waals surface area contributed by atoms with E-state index in [2.05, 4.69) is 25.5 Å². The maximum atomic E-state index is 14.1. The zero-order chi connectivity index (χ0) is 28.2. The number of carbonyl (C=O) groups excluding carboxylic acids is 2. The van der Waals surface area contributed by atoms with Gasteiger partial charge in [0.2, 0.25) is 5.91 Å². The number of nitrogens with two attached hydrogens (primary N) is 1. The van der Waals surface area contributed by atoms with Crippen LogP contribution in [0.5, 0.6) is 5.75 Å². The van der Waals surface area contributed by atoms with Crippen LogP contribution in [0.4, 0.5) is 10.6 Å². The molecule has 2 saturated heterocycles. The van der Waals surface area contributed by atoms with E-state index in [0.29, 0.717) is 69.2 Å². The zero-order valence-corrected chi connectivity index (χ0v) is 23.5. The number of allylic oxidation sites excluding steroid dienone is 1. The molecule has 2 aliphatic rings. The van der Waals surface area contributed by atoms with E-state index >= 15 is 0 Å². The third-order valence-electron chi connectivity index (χ3n) is 7.74. The normalized spacial score (nSPS) is 17.1. The first kappa shape index (κ1) is 28.1. The van der Waals surface area contributed by atoms with Gasteiger partial charge >= 0.3 is 6.03 Å². The van der Waals surface area contributed by atoms with Crippen molar-refractivity contribution in [2.45, 2.75) is 58.5 Å². The second kappa shape index (κ2) is 11.9. The van der Waals surface area contributed by atoms with Crippen molar-refractivity contribution in [3.63, 3.8) is 0 Å². The first-order chi connectivity index (χ1) is 18.7. The van der Waals surface area contributed by atoms with Crippen LogP contribution in [-0.4, -0.2) is 65.2 Å². The predicted molar refractivity (Wildman–Crippen MR) is 155 cm³/mol. The molecular weight excluding hydrogens is 492 g/mol. The molecule has 0 unspecified atom stereocenters. The minimum atomic E-state index is -0.405. The highest BCUT2D eigenvalue weighted by Crippen LogP contribution is 2.39. The number of hydrogen-bond donors (Lipinski definition) is 1. The van der Waals surface area contributed by atoms with Gasteiger partial charge in [0.1, 0.15) is 11.6 Å². The Morgan fingerprint density at radius 3 is 2.64 bits per heavy atom. The molecule has 1 aromatic heterocycles. The molecule has 208 valence electrons. The number of benzene rings is 1. The van der Waals surface area contributed by atoms with Gasteiger partial charge in [-0.3, -0.25) is 9.69 Å². The summed E-state index contributed by atoms with van der Waals surface area (Å²) in [5.41, 5.74) is 2.96. The van der Waals surface area contributed by atoms with Crippen LogP contribution in [0.3, 0.4) is 0 Å². The van der Waals surface area contributed by atoms with Crippen LogP contribution in [0, 0.1) is 5.92 Å². The molecule has 1 aromatic carbocycles. The molecule has 0 atom stereocenters. The van der Waals surface area contributed by atoms with Crippen molar-refractivity contribution >= 4 is 29.5 Å². The minimum absolute atomic E-state index is 0.0792. The third-order valence-corrected chi connectivity index (χ3v) is 7.74. The Morgan fingerprint density at radius 2 is 2.00 bits per heavy atom. The fourth-order valence-electron chi connectivity index (χ4n) is 5.60. The SMILES string of the molecule is C=C(/C=N\N)c1ccc(N2CC3(CCN(C(=O)CC(C)C)CC3)N(Cc3cccc(OC)c3)C2=O)nc1CC. The molecule has 3 heterocycles. The summed E-state index contributed by atoms with van der Waals surface area (Å²) in [5.74, 6) is 7.20. The minimum Gasteiger partial charge on any atom is -0.497 e. The van der Waals surface area contributed by atoms with Crippen LogP contribution in [0.1, 0.15) is 56.9 Å². The first-order valence-corrected chi connectivity index (χ1v) is 13.6. The molecule has 2 N–H and O–H groups in total. The van der Waals surface area contributed by atoms with Gasteiger partial charge in [-0.25, -0.2) is 9.78 Å². The Kier molecular flexibility index (Phi) is 8.57. The lowest BCUT2D eigenvalue weighted by Crippen LogP contribution is -2.55. The number of aromatic nitrogens is 1. The Hall–Kier alpha value is -3.88. The average molecular weight is 533 g/mol. The van der Waals surface area contributed by atoms with Gasteiger partial charge in [-0.15, -0.1) is 0 Å². The Bertz CT molecular complexity index is 1250. The number of rotatable bonds is 9. The number of ether oxygens (including phenoxy) is 1. The van der Waals surface area contributed by atoms with E-state index in [0.717, 1.165) is 22.6 Å². The smallest absolute Gasteiger partial charge is 0.326 e. The van der Waals surface area contributed by atoms with E-state index < -0.39 is 5.54 Å². The molecular formula is C30H40N6O3. The van der Waals surface area contributed by atoms with Crippen LogP contribution in [0.25, 0.3) is 5.57 Å². The fourth-order valence-corrected chi connectivity index (χ4v) is 5.60. The number of amides is 3. The number of nitrogens with zero attached hydrogens (tertiary/aromatic N) is 5. The highest BCUT2D eigenvalue weighted by Gasteiger charge is 2.52. The number of methoxy groups -OCH3 is 1. The summed E-state index contributed by atoms with van der Waals surface area (Å²) >= 11 is 0. The number of hydrogen-bond acceptors (Lipinski definition) is 6. The molecule has 2 aliphatic heterocycles. The van der Waals surface area contributed by atoms with Gasteiger partial charge in [-0.1, -0.05) is 39.5 Å². The number of piperidine rings is 1. The lowest BCUT2D eigenvalue weighted by atomic mass is 9.86. The van der Waals surface area contributed by atoms with E-state index in [9.17, 15) is 9.59 Å². The molecule has 2 aromatic rings. The molecule has 9 nitrogen and oxygen atoms in total. The summed E-state index contributed by atoms with van der Waals surface area (Å²) < 4.78 is 5.43. The van der Waals surface area contributed by atoms with Crippen molar-refractivity contribution in [1.82, 2.24) is 14.8 Å². The molecule has 3 amide bonds. The van der Waals surface area contributed by atoms with Gasteiger partial charge in [0.25, 0.3) is 0 Å². The van der Waals surface area contributed by atoms with Gasteiger partial charge in [0, 0.05) is 31.6 Å². The number of likely N-dealkylation sites (tertiary alicyclic amines) is 1. The van der Waals surface area contributed by atoms with Gasteiger partial charge < -0.3 is 20.4 Å². The lowest BCUT2D eigenvalue weighted by molar-refractivity contribution is -0.134. The van der Waals surface area contributed by atoms with Crippen molar-refractivity contribution in [2.24, 2.45) is 16.9 Å². The molecule has 0 bridgehead atoms. The molecule has 1 spiro atoms. The second-order valence-electron chi connectivity index (χ2n) is 10.8. The molecule has 2 fully saturated rings. The molecule has 0 saturated carbocycles. The number of carbonyl (C=O) groups is 2. The van der Waals surface area contributed by atoms with E-state index in [1.54, 1.807) is 12.0 Å². The van der Waals surface area contributed by atoms with Gasteiger partial charge in [0.05, 0.1) is 31.1 Å². The third kappa shape index (κ3) is 5.92. The summed E-state index contributed by atoms with van der Waals surface area (Å²) in [7, 11) is 1.64. The number of urea groups is 1. The van der Waals surface area contributed by atoms with E-state index in [4.69, 9.17) is 15.6 Å². The number of hydrazone groups is 1. The van der Waals surface area contributed by atoms with Gasteiger partial charge in [-0.05, 0) is 60.6 Å². The largest absolute Gasteiger partial charge is 0.497 e. The van der Waals surface area contributed by atoms with E-state index in [1.807, 2.05) is 53.1 Å². The van der Waals surface area contributed by atoms with Crippen LogP contribution in [-0.2, 0) is 17.8 Å². The molecule has 0 aliphatic carbocycles. The highest BCUT2D eigenvalue weighted by atomic mass is 16.5. The number of aryl methyl sites for hydroxylation is 1. The number of anilines is 1. The quantitative estimate of drug-likeness (QED) is 0.292. The monoisotopic (exact) mass is 532 g/mol. The number of pyridine rings is 1. The summed E-state index contributed by atoms with van der Waals surface area (Å²) in [6.45, 7) is 12.4. The van der Waals surface area contributed by atoms with Crippen LogP contribution < -0.4 is 15.5 Å². The van der Waals surface area contributed by atoms with Crippen LogP contribution in [0.15, 0.2) is 48.1 Å².